The van der Waals surface area contributed by atoms with Gasteiger partial charge in [-0.05, 0) is 51.0 Å². The Morgan fingerprint density at radius 1 is 1.12 bits per heavy atom. The van der Waals surface area contributed by atoms with Gasteiger partial charge in [-0.2, -0.15) is 5.10 Å². The third-order valence-electron chi connectivity index (χ3n) is 4.19. The first-order valence-corrected chi connectivity index (χ1v) is 8.72. The SMILES string of the molecule is Cc1nn(-c2ccc(F)cc2)c(C)c1C(=O)NCCCCCCC(=O)O. The number of carbonyl (C=O) groups is 2. The van der Waals surface area contributed by atoms with Crippen LogP contribution in [0.5, 0.6) is 0 Å². The van der Waals surface area contributed by atoms with Crippen molar-refractivity contribution in [1.82, 2.24) is 15.1 Å². The number of rotatable bonds is 9. The molecule has 140 valence electrons. The fourth-order valence-electron chi connectivity index (χ4n) is 2.85. The Kier molecular flexibility index (Phi) is 6.89. The summed E-state index contributed by atoms with van der Waals surface area (Å²) >= 11 is 0. The summed E-state index contributed by atoms with van der Waals surface area (Å²) in [5.74, 6) is -1.28. The first-order chi connectivity index (χ1) is 12.4. The van der Waals surface area contributed by atoms with E-state index >= 15 is 0 Å². The van der Waals surface area contributed by atoms with E-state index in [1.807, 2.05) is 6.92 Å². The zero-order valence-electron chi connectivity index (χ0n) is 15.1. The van der Waals surface area contributed by atoms with E-state index in [1.165, 1.54) is 12.1 Å². The molecule has 0 radical (unpaired) electrons. The van der Waals surface area contributed by atoms with Crippen LogP contribution in [0.1, 0.15) is 53.8 Å². The number of benzene rings is 1. The summed E-state index contributed by atoms with van der Waals surface area (Å²) in [7, 11) is 0. The molecule has 1 aromatic heterocycles. The van der Waals surface area contributed by atoms with Crippen LogP contribution in [0, 0.1) is 19.7 Å². The average molecular weight is 361 g/mol. The molecule has 0 saturated heterocycles. The quantitative estimate of drug-likeness (QED) is 0.671. The molecule has 2 rings (SSSR count). The third kappa shape index (κ3) is 5.15. The highest BCUT2D eigenvalue weighted by Gasteiger charge is 2.19. The van der Waals surface area contributed by atoms with E-state index in [4.69, 9.17) is 5.11 Å². The number of hydrogen-bond acceptors (Lipinski definition) is 3. The van der Waals surface area contributed by atoms with E-state index in [2.05, 4.69) is 10.4 Å². The average Bonchev–Trinajstić information content (AvgIpc) is 2.89. The van der Waals surface area contributed by atoms with Crippen molar-refractivity contribution >= 4 is 11.9 Å². The van der Waals surface area contributed by atoms with Crippen molar-refractivity contribution in [3.05, 3.63) is 47.0 Å². The highest BCUT2D eigenvalue weighted by atomic mass is 19.1. The van der Waals surface area contributed by atoms with Crippen molar-refractivity contribution < 1.29 is 19.1 Å². The minimum absolute atomic E-state index is 0.182. The van der Waals surface area contributed by atoms with Crippen LogP contribution in [0.4, 0.5) is 4.39 Å². The van der Waals surface area contributed by atoms with Crippen LogP contribution in [-0.2, 0) is 4.79 Å². The standard InChI is InChI=1S/C19H24FN3O3/c1-13-18(19(26)21-12-6-4-3-5-7-17(24)25)14(2)23(22-13)16-10-8-15(20)9-11-16/h8-11H,3-7,12H2,1-2H3,(H,21,26)(H,24,25). The van der Waals surface area contributed by atoms with Gasteiger partial charge in [0, 0.05) is 13.0 Å². The zero-order valence-corrected chi connectivity index (χ0v) is 15.1. The molecule has 6 nitrogen and oxygen atoms in total. The second-order valence-electron chi connectivity index (χ2n) is 6.25. The number of hydrogen-bond donors (Lipinski definition) is 2. The number of carboxylic acid groups (broad SMARTS) is 1. The van der Waals surface area contributed by atoms with Crippen LogP contribution in [0.2, 0.25) is 0 Å². The van der Waals surface area contributed by atoms with Crippen LogP contribution >= 0.6 is 0 Å². The molecule has 7 heteroatoms. The van der Waals surface area contributed by atoms with Crippen LogP contribution < -0.4 is 5.32 Å². The molecular formula is C19H24FN3O3. The van der Waals surface area contributed by atoms with E-state index in [1.54, 1.807) is 23.7 Å². The highest BCUT2D eigenvalue weighted by Crippen LogP contribution is 2.18. The lowest BCUT2D eigenvalue weighted by molar-refractivity contribution is -0.137. The summed E-state index contributed by atoms with van der Waals surface area (Å²) in [6, 6.07) is 5.95. The molecule has 0 aliphatic rings. The number of unbranched alkanes of at least 4 members (excludes halogenated alkanes) is 3. The second-order valence-corrected chi connectivity index (χ2v) is 6.25. The van der Waals surface area contributed by atoms with Gasteiger partial charge >= 0.3 is 5.97 Å². The zero-order chi connectivity index (χ0) is 19.1. The van der Waals surface area contributed by atoms with E-state index < -0.39 is 5.97 Å². The molecule has 0 fully saturated rings. The maximum Gasteiger partial charge on any atom is 0.303 e. The summed E-state index contributed by atoms with van der Waals surface area (Å²) in [5, 5.41) is 15.9. The lowest BCUT2D eigenvalue weighted by Crippen LogP contribution is -2.25. The molecule has 0 spiro atoms. The third-order valence-corrected chi connectivity index (χ3v) is 4.19. The Labute approximate surface area is 152 Å². The van der Waals surface area contributed by atoms with Gasteiger partial charge < -0.3 is 10.4 Å². The van der Waals surface area contributed by atoms with Gasteiger partial charge in [0.2, 0.25) is 0 Å². The first-order valence-electron chi connectivity index (χ1n) is 8.72. The molecular weight excluding hydrogens is 337 g/mol. The number of carboxylic acids is 1. The molecule has 0 aliphatic carbocycles. The minimum atomic E-state index is -0.776. The van der Waals surface area contributed by atoms with Crippen molar-refractivity contribution in [2.75, 3.05) is 6.54 Å². The van der Waals surface area contributed by atoms with Crippen LogP contribution in [0.3, 0.4) is 0 Å². The monoisotopic (exact) mass is 361 g/mol. The fourth-order valence-corrected chi connectivity index (χ4v) is 2.85. The predicted octanol–water partition coefficient (Wildman–Crippen LogP) is 3.39. The Morgan fingerprint density at radius 3 is 2.42 bits per heavy atom. The summed E-state index contributed by atoms with van der Waals surface area (Å²) < 4.78 is 14.7. The molecule has 0 unspecified atom stereocenters. The molecule has 0 aliphatic heterocycles. The minimum Gasteiger partial charge on any atom is -0.481 e. The molecule has 1 amide bonds. The molecule has 0 bridgehead atoms. The number of nitrogens with one attached hydrogen (secondary N) is 1. The van der Waals surface area contributed by atoms with Gasteiger partial charge in [-0.1, -0.05) is 12.8 Å². The predicted molar refractivity (Wildman–Crippen MR) is 96.1 cm³/mol. The van der Waals surface area contributed by atoms with Gasteiger partial charge in [0.1, 0.15) is 5.82 Å². The molecule has 0 saturated carbocycles. The number of aliphatic carboxylic acids is 1. The Morgan fingerprint density at radius 2 is 1.77 bits per heavy atom. The molecule has 0 atom stereocenters. The summed E-state index contributed by atoms with van der Waals surface area (Å²) in [6.45, 7) is 4.12. The van der Waals surface area contributed by atoms with Gasteiger partial charge in [-0.25, -0.2) is 9.07 Å². The molecule has 26 heavy (non-hydrogen) atoms. The van der Waals surface area contributed by atoms with Crippen molar-refractivity contribution in [2.45, 2.75) is 46.0 Å². The van der Waals surface area contributed by atoms with E-state index in [0.717, 1.165) is 19.3 Å². The number of nitrogens with zero attached hydrogens (tertiary/aromatic N) is 2. The first kappa shape index (κ1) is 19.6. The van der Waals surface area contributed by atoms with Crippen molar-refractivity contribution in [2.24, 2.45) is 0 Å². The Balaban J connectivity index is 1.91. The van der Waals surface area contributed by atoms with E-state index in [9.17, 15) is 14.0 Å². The molecule has 2 aromatic rings. The van der Waals surface area contributed by atoms with Gasteiger partial charge in [-0.3, -0.25) is 9.59 Å². The van der Waals surface area contributed by atoms with Crippen LogP contribution in [0.25, 0.3) is 5.69 Å². The smallest absolute Gasteiger partial charge is 0.303 e. The van der Waals surface area contributed by atoms with Gasteiger partial charge in [-0.15, -0.1) is 0 Å². The lowest BCUT2D eigenvalue weighted by atomic mass is 10.1. The Hall–Kier alpha value is -2.70. The maximum absolute atomic E-state index is 13.1. The van der Waals surface area contributed by atoms with Crippen molar-refractivity contribution in [3.63, 3.8) is 0 Å². The summed E-state index contributed by atoms with van der Waals surface area (Å²) in [6.07, 6.45) is 3.36. The Bertz CT molecular complexity index is 769. The number of carbonyl (C=O) groups excluding carboxylic acids is 1. The van der Waals surface area contributed by atoms with Crippen molar-refractivity contribution in [3.8, 4) is 5.69 Å². The fraction of sp³-hybridized carbons (Fsp3) is 0.421. The molecule has 1 aromatic carbocycles. The van der Waals surface area contributed by atoms with E-state index in [0.29, 0.717) is 35.6 Å². The number of aromatic nitrogens is 2. The topological polar surface area (TPSA) is 84.2 Å². The second kappa shape index (κ2) is 9.12. The van der Waals surface area contributed by atoms with Crippen LogP contribution in [-0.4, -0.2) is 33.3 Å². The largest absolute Gasteiger partial charge is 0.481 e. The highest BCUT2D eigenvalue weighted by molar-refractivity contribution is 5.96. The number of aryl methyl sites for hydroxylation is 1. The summed E-state index contributed by atoms with van der Waals surface area (Å²) in [4.78, 5) is 22.9. The number of halogens is 1. The number of amides is 1. The maximum atomic E-state index is 13.1. The normalized spacial score (nSPS) is 10.7. The molecule has 1 heterocycles. The van der Waals surface area contributed by atoms with E-state index in [-0.39, 0.29) is 18.1 Å². The summed E-state index contributed by atoms with van der Waals surface area (Å²) in [5.41, 5.74) is 2.54. The van der Waals surface area contributed by atoms with Crippen LogP contribution in [0.15, 0.2) is 24.3 Å². The van der Waals surface area contributed by atoms with Gasteiger partial charge in [0.05, 0.1) is 22.6 Å². The van der Waals surface area contributed by atoms with Gasteiger partial charge in [0.15, 0.2) is 0 Å². The van der Waals surface area contributed by atoms with Gasteiger partial charge in [0.25, 0.3) is 5.91 Å². The molecule has 2 N–H and O–H groups in total. The lowest BCUT2D eigenvalue weighted by Gasteiger charge is -2.07. The van der Waals surface area contributed by atoms with Crippen molar-refractivity contribution in [1.29, 1.82) is 0 Å².